The summed E-state index contributed by atoms with van der Waals surface area (Å²) < 4.78 is 0. The van der Waals surface area contributed by atoms with E-state index < -0.39 is 0 Å². The van der Waals surface area contributed by atoms with E-state index >= 15 is 0 Å². The van der Waals surface area contributed by atoms with Crippen LogP contribution in [0.5, 0.6) is 0 Å². The van der Waals surface area contributed by atoms with E-state index in [1.807, 2.05) is 25.1 Å². The van der Waals surface area contributed by atoms with Crippen molar-refractivity contribution >= 4 is 41.3 Å². The van der Waals surface area contributed by atoms with Crippen LogP contribution >= 0.6 is 35.3 Å². The number of hydrogen-bond acceptors (Lipinski definition) is 3. The molecule has 4 nitrogen and oxygen atoms in total. The van der Waals surface area contributed by atoms with Gasteiger partial charge in [0.2, 0.25) is 0 Å². The minimum absolute atomic E-state index is 0. The highest BCUT2D eigenvalue weighted by Crippen LogP contribution is 2.16. The number of nitrogens with one attached hydrogen (secondary N) is 1. The first kappa shape index (κ1) is 17.9. The molecule has 0 aliphatic carbocycles. The molecule has 1 aromatic heterocycles. The maximum atomic E-state index is 5.86. The Balaban J connectivity index is 0.00000220. The number of aliphatic imine (C=N–C) groups is 1. The van der Waals surface area contributed by atoms with Crippen molar-refractivity contribution in [2.24, 2.45) is 10.7 Å². The molecule has 21 heavy (non-hydrogen) atoms. The van der Waals surface area contributed by atoms with Gasteiger partial charge < -0.3 is 11.1 Å². The molecule has 0 spiro atoms. The second kappa shape index (κ2) is 8.99. The predicted molar refractivity (Wildman–Crippen MR) is 100 cm³/mol. The number of thiazole rings is 1. The maximum Gasteiger partial charge on any atom is 0.188 e. The molecule has 0 atom stereocenters. The summed E-state index contributed by atoms with van der Waals surface area (Å²) in [5.41, 5.74) is 8.16. The minimum atomic E-state index is 0. The summed E-state index contributed by atoms with van der Waals surface area (Å²) in [7, 11) is 0. The number of aromatic nitrogens is 1. The average Bonchev–Trinajstić information content (AvgIpc) is 2.76. The van der Waals surface area contributed by atoms with E-state index in [1.165, 1.54) is 10.4 Å². The Morgan fingerprint density at radius 3 is 2.62 bits per heavy atom. The lowest BCUT2D eigenvalue weighted by Gasteiger charge is -2.05. The summed E-state index contributed by atoms with van der Waals surface area (Å²) in [5, 5.41) is 4.20. The van der Waals surface area contributed by atoms with E-state index in [0.717, 1.165) is 23.7 Å². The molecule has 6 heteroatoms. The van der Waals surface area contributed by atoms with E-state index in [2.05, 4.69) is 34.3 Å². The smallest absolute Gasteiger partial charge is 0.188 e. The number of benzene rings is 1. The van der Waals surface area contributed by atoms with Gasteiger partial charge in [0.15, 0.2) is 5.96 Å². The fourth-order valence-electron chi connectivity index (χ4n) is 1.91. The van der Waals surface area contributed by atoms with Gasteiger partial charge in [0, 0.05) is 11.4 Å². The number of guanidine groups is 1. The molecule has 1 heterocycles. The summed E-state index contributed by atoms with van der Waals surface area (Å²) >= 11 is 1.69. The topological polar surface area (TPSA) is 63.3 Å². The van der Waals surface area contributed by atoms with Crippen LogP contribution in [-0.4, -0.2) is 17.5 Å². The van der Waals surface area contributed by atoms with E-state index in [0.29, 0.717) is 12.5 Å². The Morgan fingerprint density at radius 1 is 1.29 bits per heavy atom. The van der Waals surface area contributed by atoms with Gasteiger partial charge in [-0.05, 0) is 25.8 Å². The fraction of sp³-hybridized carbons (Fsp3) is 0.333. The third-order valence-corrected chi connectivity index (χ3v) is 3.89. The van der Waals surface area contributed by atoms with Crippen molar-refractivity contribution < 1.29 is 0 Å². The summed E-state index contributed by atoms with van der Waals surface area (Å²) in [6.07, 6.45) is 0.936. The fourth-order valence-corrected chi connectivity index (χ4v) is 2.74. The quantitative estimate of drug-likeness (QED) is 0.448. The molecule has 0 bridgehead atoms. The number of nitrogens with two attached hydrogens (primary N) is 1. The van der Waals surface area contributed by atoms with Gasteiger partial charge in [0.1, 0.15) is 0 Å². The van der Waals surface area contributed by atoms with Gasteiger partial charge in [-0.2, -0.15) is 0 Å². The molecular formula is C15H21IN4S. The molecule has 0 radical (unpaired) electrons. The summed E-state index contributed by atoms with van der Waals surface area (Å²) in [4.78, 5) is 9.98. The Labute approximate surface area is 146 Å². The second-order valence-corrected chi connectivity index (χ2v) is 6.01. The zero-order valence-corrected chi connectivity index (χ0v) is 15.4. The molecule has 1 aromatic carbocycles. The van der Waals surface area contributed by atoms with Crippen LogP contribution in [0.2, 0.25) is 0 Å². The molecular weight excluding hydrogens is 395 g/mol. The molecule has 0 aliphatic heterocycles. The third kappa shape index (κ3) is 6.01. The number of halogens is 1. The number of nitrogens with zero attached hydrogens (tertiary/aromatic N) is 2. The zero-order valence-electron chi connectivity index (χ0n) is 12.3. The molecule has 3 N–H and O–H groups in total. The van der Waals surface area contributed by atoms with E-state index in [1.54, 1.807) is 11.3 Å². The lowest BCUT2D eigenvalue weighted by Crippen LogP contribution is -2.33. The summed E-state index contributed by atoms with van der Waals surface area (Å²) in [5.74, 6) is 0.478. The molecule has 0 saturated heterocycles. The van der Waals surface area contributed by atoms with Crippen LogP contribution < -0.4 is 11.1 Å². The lowest BCUT2D eigenvalue weighted by molar-refractivity contribution is 0.844. The van der Waals surface area contributed by atoms with Crippen LogP contribution in [0.25, 0.3) is 0 Å². The highest BCUT2D eigenvalue weighted by molar-refractivity contribution is 14.0. The maximum absolute atomic E-state index is 5.86. The molecule has 2 rings (SSSR count). The van der Waals surface area contributed by atoms with Crippen molar-refractivity contribution in [3.05, 3.63) is 51.5 Å². The van der Waals surface area contributed by atoms with E-state index in [4.69, 9.17) is 5.73 Å². The van der Waals surface area contributed by atoms with Crippen LogP contribution in [0.3, 0.4) is 0 Å². The number of aryl methyl sites for hydroxylation is 2. The molecule has 0 aliphatic rings. The van der Waals surface area contributed by atoms with Gasteiger partial charge in [0.25, 0.3) is 0 Å². The van der Waals surface area contributed by atoms with E-state index in [-0.39, 0.29) is 24.0 Å². The van der Waals surface area contributed by atoms with Crippen LogP contribution in [0.1, 0.15) is 21.1 Å². The first-order chi connectivity index (χ1) is 9.65. The average molecular weight is 416 g/mol. The summed E-state index contributed by atoms with van der Waals surface area (Å²) in [6.45, 7) is 5.40. The van der Waals surface area contributed by atoms with Crippen molar-refractivity contribution in [2.75, 3.05) is 6.54 Å². The number of hydrogen-bond donors (Lipinski definition) is 2. The largest absolute Gasteiger partial charge is 0.370 e. The molecule has 0 saturated carbocycles. The van der Waals surface area contributed by atoms with Gasteiger partial charge in [0.05, 0.1) is 17.2 Å². The Hall–Kier alpha value is -1.15. The first-order valence-electron chi connectivity index (χ1n) is 6.66. The van der Waals surface area contributed by atoms with Gasteiger partial charge >= 0.3 is 0 Å². The van der Waals surface area contributed by atoms with Crippen molar-refractivity contribution in [1.82, 2.24) is 10.3 Å². The van der Waals surface area contributed by atoms with Gasteiger partial charge in [-0.15, -0.1) is 35.3 Å². The minimum Gasteiger partial charge on any atom is -0.370 e. The van der Waals surface area contributed by atoms with Crippen LogP contribution in [0.15, 0.2) is 35.3 Å². The van der Waals surface area contributed by atoms with Gasteiger partial charge in [-0.1, -0.05) is 30.3 Å². The molecule has 114 valence electrons. The monoisotopic (exact) mass is 416 g/mol. The van der Waals surface area contributed by atoms with Crippen molar-refractivity contribution in [2.45, 2.75) is 26.8 Å². The molecule has 0 fully saturated rings. The highest BCUT2D eigenvalue weighted by Gasteiger charge is 2.03. The van der Waals surface area contributed by atoms with Crippen LogP contribution in [0, 0.1) is 13.8 Å². The first-order valence-corrected chi connectivity index (χ1v) is 7.47. The second-order valence-electron chi connectivity index (χ2n) is 4.60. The Bertz CT molecular complexity index is 581. The van der Waals surface area contributed by atoms with E-state index in [9.17, 15) is 0 Å². The van der Waals surface area contributed by atoms with Crippen molar-refractivity contribution in [1.29, 1.82) is 0 Å². The van der Waals surface area contributed by atoms with Crippen LogP contribution in [0.4, 0.5) is 0 Å². The Kier molecular flexibility index (Phi) is 7.66. The molecule has 0 amide bonds. The zero-order chi connectivity index (χ0) is 14.4. The SMILES string of the molecule is Cc1nc(CN=C(N)NCCc2ccccc2)c(C)s1.I. The predicted octanol–water partition coefficient (Wildman–Crippen LogP) is 3.02. The summed E-state index contributed by atoms with van der Waals surface area (Å²) in [6, 6.07) is 10.3. The molecule has 2 aromatic rings. The standard InChI is InChI=1S/C15H20N4S.HI/c1-11-14(19-12(2)20-11)10-18-15(16)17-9-8-13-6-4-3-5-7-13;/h3-7H,8-10H2,1-2H3,(H3,16,17,18);1H. The van der Waals surface area contributed by atoms with Crippen LogP contribution in [-0.2, 0) is 13.0 Å². The third-order valence-electron chi connectivity index (χ3n) is 2.96. The number of rotatable bonds is 5. The Morgan fingerprint density at radius 2 is 2.00 bits per heavy atom. The highest BCUT2D eigenvalue weighted by atomic mass is 127. The van der Waals surface area contributed by atoms with Gasteiger partial charge in [-0.3, -0.25) is 0 Å². The van der Waals surface area contributed by atoms with Crippen molar-refractivity contribution in [3.8, 4) is 0 Å². The van der Waals surface area contributed by atoms with Crippen molar-refractivity contribution in [3.63, 3.8) is 0 Å². The lowest BCUT2D eigenvalue weighted by atomic mass is 10.1. The molecule has 0 unspecified atom stereocenters. The van der Waals surface area contributed by atoms with Gasteiger partial charge in [-0.25, -0.2) is 9.98 Å². The normalized spacial score (nSPS) is 11.0.